The zero-order chi connectivity index (χ0) is 26.3. The fourth-order valence-corrected chi connectivity index (χ4v) is 5.80. The minimum Gasteiger partial charge on any atom is -0.351 e. The van der Waals surface area contributed by atoms with E-state index in [0.717, 1.165) is 46.0 Å². The maximum Gasteiger partial charge on any atom is 0.229 e. The molecule has 4 heterocycles. The second-order valence-corrected chi connectivity index (χ2v) is 11.4. The quantitative estimate of drug-likeness (QED) is 0.347. The molecule has 10 heteroatoms. The van der Waals surface area contributed by atoms with E-state index in [4.69, 9.17) is 12.2 Å². The number of anilines is 2. The van der Waals surface area contributed by atoms with Gasteiger partial charge in [-0.05, 0) is 92.6 Å². The molecule has 37 heavy (non-hydrogen) atoms. The second kappa shape index (κ2) is 9.60. The average molecular weight is 533 g/mol. The molecule has 0 aliphatic carbocycles. The molecule has 1 fully saturated rings. The maximum atomic E-state index is 11.7. The molecular weight excluding hydrogens is 504 g/mol. The van der Waals surface area contributed by atoms with Crippen LogP contribution >= 0.6 is 12.2 Å². The molecule has 4 aromatic rings. The molecule has 1 aliphatic heterocycles. The summed E-state index contributed by atoms with van der Waals surface area (Å²) in [5, 5.41) is 4.05. The third-order valence-corrected chi connectivity index (χ3v) is 7.38. The number of aryl methyl sites for hydroxylation is 2. The van der Waals surface area contributed by atoms with Gasteiger partial charge in [0.2, 0.25) is 10.0 Å². The van der Waals surface area contributed by atoms with E-state index in [1.165, 1.54) is 0 Å². The molecule has 0 bridgehead atoms. The van der Waals surface area contributed by atoms with Gasteiger partial charge in [-0.3, -0.25) is 9.71 Å². The topological polar surface area (TPSA) is 92.2 Å². The Morgan fingerprint density at radius 1 is 1.00 bits per heavy atom. The highest BCUT2D eigenvalue weighted by atomic mass is 32.2. The first kappa shape index (κ1) is 24.9. The summed E-state index contributed by atoms with van der Waals surface area (Å²) in [4.78, 5) is 11.4. The Bertz CT molecular complexity index is 1550. The summed E-state index contributed by atoms with van der Waals surface area (Å²) < 4.78 is 28.0. The summed E-state index contributed by atoms with van der Waals surface area (Å²) in [5.41, 5.74) is 6.55. The lowest BCUT2D eigenvalue weighted by Gasteiger charge is -2.28. The Morgan fingerprint density at radius 2 is 1.76 bits per heavy atom. The number of aromatic nitrogens is 3. The van der Waals surface area contributed by atoms with Crippen LogP contribution in [0.5, 0.6) is 0 Å². The Kier molecular flexibility index (Phi) is 6.47. The molecule has 2 atom stereocenters. The Morgan fingerprint density at radius 3 is 2.38 bits per heavy atom. The fraction of sp³-hybridized carbons (Fsp3) is 0.222. The number of pyridine rings is 2. The molecule has 190 valence electrons. The predicted molar refractivity (Wildman–Crippen MR) is 151 cm³/mol. The van der Waals surface area contributed by atoms with Crippen LogP contribution < -0.4 is 14.9 Å². The lowest BCUT2D eigenvalue weighted by molar-refractivity contribution is 0.565. The van der Waals surface area contributed by atoms with Gasteiger partial charge in [0.05, 0.1) is 24.0 Å². The lowest BCUT2D eigenvalue weighted by Crippen LogP contribution is -2.29. The summed E-state index contributed by atoms with van der Waals surface area (Å²) in [6, 6.07) is 19.0. The first-order valence-electron chi connectivity index (χ1n) is 11.8. The molecule has 1 aromatic carbocycles. The van der Waals surface area contributed by atoms with E-state index < -0.39 is 10.0 Å². The molecule has 8 nitrogen and oxygen atoms in total. The Hall–Kier alpha value is -3.76. The van der Waals surface area contributed by atoms with Crippen molar-refractivity contribution < 1.29 is 8.42 Å². The van der Waals surface area contributed by atoms with E-state index in [2.05, 4.69) is 55.5 Å². The molecule has 1 saturated heterocycles. The number of thiocarbonyl (C=S) groups is 1. The highest BCUT2D eigenvalue weighted by Gasteiger charge is 2.42. The van der Waals surface area contributed by atoms with Gasteiger partial charge in [0, 0.05) is 35.2 Å². The van der Waals surface area contributed by atoms with Gasteiger partial charge in [-0.2, -0.15) is 0 Å². The van der Waals surface area contributed by atoms with E-state index >= 15 is 0 Å². The van der Waals surface area contributed by atoms with Crippen molar-refractivity contribution in [3.63, 3.8) is 0 Å². The molecule has 3 aromatic heterocycles. The number of sulfonamides is 1. The molecule has 0 radical (unpaired) electrons. The minimum atomic E-state index is -3.37. The Balaban J connectivity index is 1.62. The number of hydrogen-bond acceptors (Lipinski definition) is 5. The van der Waals surface area contributed by atoms with Crippen molar-refractivity contribution in [2.45, 2.75) is 32.9 Å². The van der Waals surface area contributed by atoms with E-state index in [9.17, 15) is 8.42 Å². The molecule has 0 spiro atoms. The van der Waals surface area contributed by atoms with Crippen molar-refractivity contribution in [3.8, 4) is 5.82 Å². The molecule has 2 unspecified atom stereocenters. The van der Waals surface area contributed by atoms with Crippen molar-refractivity contribution in [2.75, 3.05) is 15.9 Å². The van der Waals surface area contributed by atoms with Gasteiger partial charge in [0.15, 0.2) is 5.11 Å². The Labute approximate surface area is 222 Å². The summed E-state index contributed by atoms with van der Waals surface area (Å²) in [6.45, 7) is 6.19. The van der Waals surface area contributed by atoms with E-state index in [-0.39, 0.29) is 12.1 Å². The number of benzene rings is 1. The largest absolute Gasteiger partial charge is 0.351 e. The molecule has 2 N–H and O–H groups in total. The van der Waals surface area contributed by atoms with Gasteiger partial charge < -0.3 is 14.8 Å². The van der Waals surface area contributed by atoms with E-state index in [0.29, 0.717) is 10.8 Å². The maximum absolute atomic E-state index is 11.7. The number of nitrogens with one attached hydrogen (secondary N) is 2. The van der Waals surface area contributed by atoms with Crippen molar-refractivity contribution in [1.29, 1.82) is 0 Å². The highest BCUT2D eigenvalue weighted by Crippen LogP contribution is 2.43. The third-order valence-electron chi connectivity index (χ3n) is 6.46. The summed E-state index contributed by atoms with van der Waals surface area (Å²) >= 11 is 5.84. The van der Waals surface area contributed by atoms with E-state index in [1.807, 2.05) is 49.5 Å². The smallest absolute Gasteiger partial charge is 0.229 e. The van der Waals surface area contributed by atoms with Gasteiger partial charge in [-0.15, -0.1) is 0 Å². The third kappa shape index (κ3) is 4.94. The van der Waals surface area contributed by atoms with Crippen molar-refractivity contribution in [3.05, 3.63) is 101 Å². The monoisotopic (exact) mass is 532 g/mol. The van der Waals surface area contributed by atoms with Crippen LogP contribution in [0.2, 0.25) is 0 Å². The van der Waals surface area contributed by atoms with Crippen LogP contribution in [0.4, 0.5) is 11.4 Å². The summed E-state index contributed by atoms with van der Waals surface area (Å²) in [7, 11) is -3.37. The number of hydrogen-bond donors (Lipinski definition) is 2. The van der Waals surface area contributed by atoms with Crippen LogP contribution in [0.1, 0.15) is 40.3 Å². The van der Waals surface area contributed by atoms with Gasteiger partial charge in [-0.25, -0.2) is 13.4 Å². The SMILES string of the molecule is Cc1ccc(-n2c(C)cc(C3C(c4ccccn4)NC(=S)N3c3ccc(NS(C)(=O)=O)cc3)c2C)nc1. The predicted octanol–water partition coefficient (Wildman–Crippen LogP) is 4.74. The van der Waals surface area contributed by atoms with Crippen LogP contribution in [0.15, 0.2) is 73.1 Å². The zero-order valence-electron chi connectivity index (χ0n) is 21.0. The van der Waals surface area contributed by atoms with Crippen molar-refractivity contribution >= 4 is 38.7 Å². The standard InChI is InChI=1S/C27H28N6O2S2/c1-17-8-13-24(29-16-17)32-18(2)15-22(19(32)3)26-25(23-7-5-6-14-28-23)30-27(36)33(26)21-11-9-20(10-12-21)31-37(4,34)35/h5-16,25-26,31H,1-4H3,(H,30,36). The molecule has 1 aliphatic rings. The van der Waals surface area contributed by atoms with Crippen LogP contribution in [0, 0.1) is 20.8 Å². The number of nitrogens with zero attached hydrogens (tertiary/aromatic N) is 4. The first-order valence-corrected chi connectivity index (χ1v) is 14.1. The molecular formula is C27H28N6O2S2. The molecule has 0 saturated carbocycles. The second-order valence-electron chi connectivity index (χ2n) is 9.27. The zero-order valence-corrected chi connectivity index (χ0v) is 22.6. The van der Waals surface area contributed by atoms with Crippen LogP contribution in [-0.4, -0.2) is 34.3 Å². The average Bonchev–Trinajstić information content (AvgIpc) is 3.35. The lowest BCUT2D eigenvalue weighted by atomic mass is 9.96. The highest BCUT2D eigenvalue weighted by molar-refractivity contribution is 7.92. The van der Waals surface area contributed by atoms with Gasteiger partial charge in [0.25, 0.3) is 0 Å². The van der Waals surface area contributed by atoms with Gasteiger partial charge >= 0.3 is 0 Å². The van der Waals surface area contributed by atoms with Crippen LogP contribution in [0.25, 0.3) is 5.82 Å². The van der Waals surface area contributed by atoms with Crippen LogP contribution in [0.3, 0.4) is 0 Å². The minimum absolute atomic E-state index is 0.192. The fourth-order valence-electron chi connectivity index (χ4n) is 4.89. The van der Waals surface area contributed by atoms with Gasteiger partial charge in [-0.1, -0.05) is 12.1 Å². The summed E-state index contributed by atoms with van der Waals surface area (Å²) in [5.74, 6) is 0.859. The van der Waals surface area contributed by atoms with E-state index in [1.54, 1.807) is 18.3 Å². The number of rotatable bonds is 6. The van der Waals surface area contributed by atoms with Crippen molar-refractivity contribution in [1.82, 2.24) is 19.9 Å². The van der Waals surface area contributed by atoms with Gasteiger partial charge in [0.1, 0.15) is 5.82 Å². The molecule has 5 rings (SSSR count). The first-order chi connectivity index (χ1) is 17.6. The summed E-state index contributed by atoms with van der Waals surface area (Å²) in [6.07, 6.45) is 4.78. The normalized spacial score (nSPS) is 17.6. The van der Waals surface area contributed by atoms with Crippen molar-refractivity contribution in [2.24, 2.45) is 0 Å². The van der Waals surface area contributed by atoms with Crippen LogP contribution in [-0.2, 0) is 10.0 Å². The molecule has 0 amide bonds.